The van der Waals surface area contributed by atoms with Gasteiger partial charge in [-0.25, -0.2) is 0 Å². The molecule has 2 aromatic carbocycles. The quantitative estimate of drug-likeness (QED) is 0.814. The summed E-state index contributed by atoms with van der Waals surface area (Å²) < 4.78 is 0.942. The first-order chi connectivity index (χ1) is 9.10. The van der Waals surface area contributed by atoms with Crippen LogP contribution in [0.1, 0.15) is 18.1 Å². The molecule has 0 aliphatic heterocycles. The molecule has 0 aliphatic rings. The fourth-order valence-electron chi connectivity index (χ4n) is 1.75. The molecule has 0 saturated carbocycles. The highest BCUT2D eigenvalue weighted by Crippen LogP contribution is 2.27. The minimum Gasteiger partial charge on any atom is -0.389 e. The van der Waals surface area contributed by atoms with E-state index in [0.717, 1.165) is 27.8 Å². The molecule has 0 heterocycles. The molecule has 0 radical (unpaired) electrons. The number of hydrogen-bond acceptors (Lipinski definition) is 2. The predicted octanol–water partition coefficient (Wildman–Crippen LogP) is 4.39. The molecule has 0 amide bonds. The summed E-state index contributed by atoms with van der Waals surface area (Å²) in [6, 6.07) is 14.2. The van der Waals surface area contributed by atoms with Crippen LogP contribution in [0.3, 0.4) is 0 Å². The molecule has 4 heteroatoms. The largest absolute Gasteiger partial charge is 0.389 e. The van der Waals surface area contributed by atoms with Gasteiger partial charge in [-0.3, -0.25) is 0 Å². The number of halogens is 1. The van der Waals surface area contributed by atoms with E-state index < -0.39 is 0 Å². The van der Waals surface area contributed by atoms with Gasteiger partial charge < -0.3 is 11.1 Å². The minimum absolute atomic E-state index is 0.402. The van der Waals surface area contributed by atoms with Gasteiger partial charge in [-0.05, 0) is 58.2 Å². The monoisotopic (exact) mass is 334 g/mol. The SMILES string of the molecule is CCc1ccc(Nc2ccc(C(N)=S)cc2Br)cc1. The topological polar surface area (TPSA) is 38.0 Å². The molecule has 19 heavy (non-hydrogen) atoms. The summed E-state index contributed by atoms with van der Waals surface area (Å²) >= 11 is 8.48. The van der Waals surface area contributed by atoms with Gasteiger partial charge in [0.1, 0.15) is 4.99 Å². The molecule has 0 saturated heterocycles. The van der Waals surface area contributed by atoms with E-state index in [4.69, 9.17) is 18.0 Å². The van der Waals surface area contributed by atoms with Gasteiger partial charge >= 0.3 is 0 Å². The Morgan fingerprint density at radius 1 is 1.21 bits per heavy atom. The highest BCUT2D eigenvalue weighted by atomic mass is 79.9. The summed E-state index contributed by atoms with van der Waals surface area (Å²) in [7, 11) is 0. The lowest BCUT2D eigenvalue weighted by Gasteiger charge is -2.10. The van der Waals surface area contributed by atoms with Crippen LogP contribution in [0.4, 0.5) is 11.4 Å². The zero-order chi connectivity index (χ0) is 13.8. The van der Waals surface area contributed by atoms with Crippen LogP contribution in [0.2, 0.25) is 0 Å². The van der Waals surface area contributed by atoms with Crippen LogP contribution in [0.15, 0.2) is 46.9 Å². The Balaban J connectivity index is 2.20. The van der Waals surface area contributed by atoms with Gasteiger partial charge in [0.05, 0.1) is 5.69 Å². The summed E-state index contributed by atoms with van der Waals surface area (Å²) in [4.78, 5) is 0.402. The zero-order valence-corrected chi connectivity index (χ0v) is 13.0. The van der Waals surface area contributed by atoms with Crippen LogP contribution in [0.5, 0.6) is 0 Å². The molecule has 0 unspecified atom stereocenters. The minimum atomic E-state index is 0.402. The average Bonchev–Trinajstić information content (AvgIpc) is 2.41. The van der Waals surface area contributed by atoms with Crippen LogP contribution in [-0.4, -0.2) is 4.99 Å². The van der Waals surface area contributed by atoms with Crippen molar-refractivity contribution in [2.24, 2.45) is 5.73 Å². The maximum absolute atomic E-state index is 5.61. The molecular weight excluding hydrogens is 320 g/mol. The highest BCUT2D eigenvalue weighted by Gasteiger charge is 2.03. The summed E-state index contributed by atoms with van der Waals surface area (Å²) in [5, 5.41) is 3.36. The first-order valence-corrected chi connectivity index (χ1v) is 7.25. The Kier molecular flexibility index (Phi) is 4.56. The number of aryl methyl sites for hydroxylation is 1. The van der Waals surface area contributed by atoms with Gasteiger partial charge in [-0.2, -0.15) is 0 Å². The first-order valence-electron chi connectivity index (χ1n) is 6.05. The van der Waals surface area contributed by atoms with Crippen molar-refractivity contribution in [3.05, 3.63) is 58.1 Å². The number of hydrogen-bond donors (Lipinski definition) is 2. The number of benzene rings is 2. The van der Waals surface area contributed by atoms with Crippen molar-refractivity contribution in [1.29, 1.82) is 0 Å². The van der Waals surface area contributed by atoms with Crippen LogP contribution < -0.4 is 11.1 Å². The van der Waals surface area contributed by atoms with Crippen molar-refractivity contribution in [1.82, 2.24) is 0 Å². The van der Waals surface area contributed by atoms with E-state index >= 15 is 0 Å². The fraction of sp³-hybridized carbons (Fsp3) is 0.133. The van der Waals surface area contributed by atoms with E-state index in [1.165, 1.54) is 5.56 Å². The third-order valence-electron chi connectivity index (χ3n) is 2.89. The molecule has 2 rings (SSSR count). The van der Waals surface area contributed by atoms with Crippen molar-refractivity contribution in [3.63, 3.8) is 0 Å². The third kappa shape index (κ3) is 3.55. The zero-order valence-electron chi connectivity index (χ0n) is 10.6. The molecule has 2 nitrogen and oxygen atoms in total. The second-order valence-electron chi connectivity index (χ2n) is 4.23. The Morgan fingerprint density at radius 3 is 2.42 bits per heavy atom. The molecule has 98 valence electrons. The standard InChI is InChI=1S/C15H15BrN2S/c1-2-10-3-6-12(7-4-10)18-14-8-5-11(15(17)19)9-13(14)16/h3-9,18H,2H2,1H3,(H2,17,19). The average molecular weight is 335 g/mol. The predicted molar refractivity (Wildman–Crippen MR) is 89.1 cm³/mol. The van der Waals surface area contributed by atoms with Gasteiger partial charge in [0.2, 0.25) is 0 Å². The van der Waals surface area contributed by atoms with Gasteiger partial charge in [-0.15, -0.1) is 0 Å². The summed E-state index contributed by atoms with van der Waals surface area (Å²) in [6.45, 7) is 2.15. The second kappa shape index (κ2) is 6.17. The third-order valence-corrected chi connectivity index (χ3v) is 3.79. The Bertz CT molecular complexity index is 594. The van der Waals surface area contributed by atoms with E-state index in [-0.39, 0.29) is 0 Å². The van der Waals surface area contributed by atoms with Gasteiger partial charge in [0.25, 0.3) is 0 Å². The van der Waals surface area contributed by atoms with E-state index in [1.54, 1.807) is 0 Å². The van der Waals surface area contributed by atoms with Crippen molar-refractivity contribution >= 4 is 44.5 Å². The van der Waals surface area contributed by atoms with Crippen molar-refractivity contribution in [3.8, 4) is 0 Å². The summed E-state index contributed by atoms with van der Waals surface area (Å²) in [5.74, 6) is 0. The Morgan fingerprint density at radius 2 is 1.89 bits per heavy atom. The molecule has 0 aliphatic carbocycles. The lowest BCUT2D eigenvalue weighted by atomic mass is 10.1. The van der Waals surface area contributed by atoms with Gasteiger partial charge in [0.15, 0.2) is 0 Å². The summed E-state index contributed by atoms with van der Waals surface area (Å²) in [5.41, 5.74) is 9.84. The maximum atomic E-state index is 5.61. The second-order valence-corrected chi connectivity index (χ2v) is 5.53. The molecule has 0 aromatic heterocycles. The van der Waals surface area contributed by atoms with E-state index in [9.17, 15) is 0 Å². The molecule has 0 atom stereocenters. The van der Waals surface area contributed by atoms with E-state index in [1.807, 2.05) is 18.2 Å². The highest BCUT2D eigenvalue weighted by molar-refractivity contribution is 9.10. The van der Waals surface area contributed by atoms with Crippen LogP contribution >= 0.6 is 28.1 Å². The van der Waals surface area contributed by atoms with Crippen molar-refractivity contribution in [2.75, 3.05) is 5.32 Å². The smallest absolute Gasteiger partial charge is 0.104 e. The number of rotatable bonds is 4. The Hall–Kier alpha value is -1.39. The maximum Gasteiger partial charge on any atom is 0.104 e. The number of anilines is 2. The lowest BCUT2D eigenvalue weighted by Crippen LogP contribution is -2.09. The van der Waals surface area contributed by atoms with Crippen molar-refractivity contribution < 1.29 is 0 Å². The van der Waals surface area contributed by atoms with Crippen LogP contribution in [0.25, 0.3) is 0 Å². The van der Waals surface area contributed by atoms with Crippen molar-refractivity contribution in [2.45, 2.75) is 13.3 Å². The molecule has 0 fully saturated rings. The van der Waals surface area contributed by atoms with Crippen LogP contribution in [0, 0.1) is 0 Å². The number of thiocarbonyl (C=S) groups is 1. The molecule has 0 spiro atoms. The number of nitrogens with two attached hydrogens (primary N) is 1. The summed E-state index contributed by atoms with van der Waals surface area (Å²) in [6.07, 6.45) is 1.05. The van der Waals surface area contributed by atoms with E-state index in [2.05, 4.69) is 52.4 Å². The van der Waals surface area contributed by atoms with E-state index in [0.29, 0.717) is 4.99 Å². The van der Waals surface area contributed by atoms with Crippen LogP contribution in [-0.2, 0) is 6.42 Å². The van der Waals surface area contributed by atoms with Gasteiger partial charge in [0, 0.05) is 15.7 Å². The molecular formula is C15H15BrN2S. The molecule has 0 bridgehead atoms. The van der Waals surface area contributed by atoms with Gasteiger partial charge in [-0.1, -0.05) is 31.3 Å². The Labute approximate surface area is 127 Å². The molecule has 3 N–H and O–H groups in total. The lowest BCUT2D eigenvalue weighted by molar-refractivity contribution is 1.14. The first kappa shape index (κ1) is 14.0. The number of nitrogens with one attached hydrogen (secondary N) is 1. The normalized spacial score (nSPS) is 10.2. The molecule has 2 aromatic rings. The fourth-order valence-corrected chi connectivity index (χ4v) is 2.35.